The van der Waals surface area contributed by atoms with E-state index in [0.29, 0.717) is 13.0 Å². The molecule has 0 spiro atoms. The molecule has 2 heterocycles. The molecule has 9 heteroatoms. The first-order valence-corrected chi connectivity index (χ1v) is 10.4. The highest BCUT2D eigenvalue weighted by molar-refractivity contribution is 8.03. The fourth-order valence-corrected chi connectivity index (χ4v) is 4.18. The van der Waals surface area contributed by atoms with Gasteiger partial charge in [-0.2, -0.15) is 0 Å². The van der Waals surface area contributed by atoms with E-state index in [0.717, 1.165) is 21.9 Å². The third-order valence-corrected chi connectivity index (χ3v) is 6.14. The quantitative estimate of drug-likeness (QED) is 0.558. The third kappa shape index (κ3) is 5.23. The van der Waals surface area contributed by atoms with E-state index in [4.69, 9.17) is 4.74 Å². The molecule has 0 radical (unpaired) electrons. The highest BCUT2D eigenvalue weighted by Crippen LogP contribution is 2.27. The fraction of sp³-hybridized carbons (Fsp3) is 0.450. The Balaban J connectivity index is 1.44. The van der Waals surface area contributed by atoms with Gasteiger partial charge in [-0.15, -0.1) is 0 Å². The number of benzene rings is 1. The van der Waals surface area contributed by atoms with Gasteiger partial charge in [0.15, 0.2) is 5.50 Å². The molecule has 1 aromatic carbocycles. The predicted octanol–water partition coefficient (Wildman–Crippen LogP) is 1.93. The first-order chi connectivity index (χ1) is 13.9. The van der Waals surface area contributed by atoms with Gasteiger partial charge >= 0.3 is 6.03 Å². The van der Waals surface area contributed by atoms with E-state index < -0.39 is 12.1 Å². The monoisotopic (exact) mass is 418 g/mol. The van der Waals surface area contributed by atoms with Gasteiger partial charge in [-0.3, -0.25) is 14.5 Å². The molecule has 8 nitrogen and oxygen atoms in total. The number of imide groups is 1. The Bertz CT molecular complexity index is 810. The summed E-state index contributed by atoms with van der Waals surface area (Å²) in [6, 6.07) is 6.45. The highest BCUT2D eigenvalue weighted by atomic mass is 32.2. The minimum Gasteiger partial charge on any atom is -0.497 e. The van der Waals surface area contributed by atoms with Gasteiger partial charge < -0.3 is 20.7 Å². The molecule has 0 aliphatic carbocycles. The molecule has 4 amide bonds. The van der Waals surface area contributed by atoms with E-state index in [1.54, 1.807) is 18.9 Å². The smallest absolute Gasteiger partial charge is 0.324 e. The first-order valence-electron chi connectivity index (χ1n) is 9.52. The van der Waals surface area contributed by atoms with Crippen LogP contribution < -0.4 is 20.7 Å². The summed E-state index contributed by atoms with van der Waals surface area (Å²) < 4.78 is 5.12. The van der Waals surface area contributed by atoms with E-state index in [1.165, 1.54) is 4.90 Å². The second-order valence-corrected chi connectivity index (χ2v) is 8.34. The maximum atomic E-state index is 12.5. The number of hydrogen-bond donors (Lipinski definition) is 3. The minimum absolute atomic E-state index is 0.156. The van der Waals surface area contributed by atoms with Crippen LogP contribution in [0.2, 0.25) is 0 Å². The van der Waals surface area contributed by atoms with Crippen LogP contribution in [-0.4, -0.2) is 47.9 Å². The lowest BCUT2D eigenvalue weighted by atomic mass is 10.1. The zero-order chi connectivity index (χ0) is 21.0. The Morgan fingerprint density at radius 1 is 1.21 bits per heavy atom. The van der Waals surface area contributed by atoms with E-state index in [-0.39, 0.29) is 30.2 Å². The van der Waals surface area contributed by atoms with Crippen LogP contribution in [0.4, 0.5) is 4.79 Å². The van der Waals surface area contributed by atoms with Crippen molar-refractivity contribution in [2.75, 3.05) is 13.7 Å². The number of nitrogens with one attached hydrogen (secondary N) is 3. The standard InChI is InChI=1S/C20H26N4O4S/c1-12-13(2)29-19(21-12)23-17(25)9-8-16-18(26)24(20(27)22-16)11-10-14-4-6-15(28-3)7-5-14/h4-7,16,19,21H,8-11H2,1-3H3,(H,22,27)(H,23,25). The number of amides is 4. The lowest BCUT2D eigenvalue weighted by molar-refractivity contribution is -0.127. The highest BCUT2D eigenvalue weighted by Gasteiger charge is 2.37. The second-order valence-electron chi connectivity index (χ2n) is 7.02. The van der Waals surface area contributed by atoms with Crippen LogP contribution in [0.5, 0.6) is 5.75 Å². The van der Waals surface area contributed by atoms with Gasteiger partial charge in [-0.25, -0.2) is 4.79 Å². The maximum absolute atomic E-state index is 12.5. The van der Waals surface area contributed by atoms with Crippen molar-refractivity contribution in [1.82, 2.24) is 20.9 Å². The molecule has 0 saturated carbocycles. The van der Waals surface area contributed by atoms with Gasteiger partial charge in [0.05, 0.1) is 7.11 Å². The minimum atomic E-state index is -0.657. The van der Waals surface area contributed by atoms with Crippen molar-refractivity contribution in [3.05, 3.63) is 40.4 Å². The number of carbonyl (C=O) groups is 3. The number of thioether (sulfide) groups is 1. The molecule has 1 fully saturated rings. The average molecular weight is 419 g/mol. The van der Waals surface area contributed by atoms with Gasteiger partial charge in [-0.05, 0) is 44.4 Å². The first kappa shape index (κ1) is 21.0. The van der Waals surface area contributed by atoms with Crippen molar-refractivity contribution in [2.45, 2.75) is 44.6 Å². The summed E-state index contributed by atoms with van der Waals surface area (Å²) in [6.45, 7) is 4.25. The van der Waals surface area contributed by atoms with Crippen LogP contribution in [-0.2, 0) is 16.0 Å². The molecule has 0 bridgehead atoms. The zero-order valence-electron chi connectivity index (χ0n) is 16.8. The van der Waals surface area contributed by atoms with Crippen LogP contribution in [0.25, 0.3) is 0 Å². The molecule has 2 aliphatic rings. The van der Waals surface area contributed by atoms with Crippen LogP contribution in [0.1, 0.15) is 32.3 Å². The number of rotatable bonds is 8. The van der Waals surface area contributed by atoms with E-state index >= 15 is 0 Å². The van der Waals surface area contributed by atoms with Crippen LogP contribution in [0, 0.1) is 0 Å². The summed E-state index contributed by atoms with van der Waals surface area (Å²) in [5.74, 6) is 0.323. The van der Waals surface area contributed by atoms with Crippen molar-refractivity contribution < 1.29 is 19.1 Å². The molecule has 29 heavy (non-hydrogen) atoms. The van der Waals surface area contributed by atoms with E-state index in [2.05, 4.69) is 16.0 Å². The van der Waals surface area contributed by atoms with Crippen molar-refractivity contribution in [3.63, 3.8) is 0 Å². The van der Waals surface area contributed by atoms with Crippen LogP contribution >= 0.6 is 11.8 Å². The number of urea groups is 1. The summed E-state index contributed by atoms with van der Waals surface area (Å²) in [6.07, 6.45) is 1.00. The number of ether oxygens (including phenoxy) is 1. The largest absolute Gasteiger partial charge is 0.497 e. The SMILES string of the molecule is COc1ccc(CCN2C(=O)NC(CCC(=O)NC3NC(C)=C(C)S3)C2=O)cc1. The molecule has 2 atom stereocenters. The van der Waals surface area contributed by atoms with Crippen molar-refractivity contribution in [3.8, 4) is 5.75 Å². The molecule has 0 aromatic heterocycles. The van der Waals surface area contributed by atoms with Crippen LogP contribution in [0.15, 0.2) is 34.9 Å². The molecular weight excluding hydrogens is 392 g/mol. The van der Waals surface area contributed by atoms with Crippen molar-refractivity contribution in [2.24, 2.45) is 0 Å². The second kappa shape index (κ2) is 9.21. The van der Waals surface area contributed by atoms with E-state index in [9.17, 15) is 14.4 Å². The summed E-state index contributed by atoms with van der Waals surface area (Å²) in [5, 5.41) is 8.74. The number of methoxy groups -OCH3 is 1. The Kier molecular flexibility index (Phi) is 6.68. The molecule has 2 aliphatic heterocycles. The Hall–Kier alpha value is -2.68. The van der Waals surface area contributed by atoms with Crippen molar-refractivity contribution in [1.29, 1.82) is 0 Å². The summed E-state index contributed by atoms with van der Waals surface area (Å²) in [4.78, 5) is 39.2. The molecule has 156 valence electrons. The molecule has 3 N–H and O–H groups in total. The average Bonchev–Trinajstić information content (AvgIpc) is 3.16. The van der Waals surface area contributed by atoms with Gasteiger partial charge in [0, 0.05) is 23.6 Å². The summed E-state index contributed by atoms with van der Waals surface area (Å²) >= 11 is 1.55. The lowest BCUT2D eigenvalue weighted by Crippen LogP contribution is -2.40. The molecule has 1 aromatic rings. The zero-order valence-corrected chi connectivity index (χ0v) is 17.6. The normalized spacial score (nSPS) is 21.3. The van der Waals surface area contributed by atoms with Crippen molar-refractivity contribution >= 4 is 29.6 Å². The molecule has 2 unspecified atom stereocenters. The third-order valence-electron chi connectivity index (χ3n) is 5.01. The van der Waals surface area contributed by atoms with Gasteiger partial charge in [0.1, 0.15) is 11.8 Å². The van der Waals surface area contributed by atoms with Crippen LogP contribution in [0.3, 0.4) is 0 Å². The maximum Gasteiger partial charge on any atom is 0.324 e. The number of allylic oxidation sites excluding steroid dienone is 2. The van der Waals surface area contributed by atoms with Gasteiger partial charge in [0.25, 0.3) is 5.91 Å². The topological polar surface area (TPSA) is 99.8 Å². The Labute approximate surface area is 174 Å². The molecule has 3 rings (SSSR count). The molecule has 1 saturated heterocycles. The molecular formula is C20H26N4O4S. The number of carbonyl (C=O) groups excluding carboxylic acids is 3. The van der Waals surface area contributed by atoms with Gasteiger partial charge in [0.2, 0.25) is 5.91 Å². The number of hydrogen-bond acceptors (Lipinski definition) is 6. The summed E-state index contributed by atoms with van der Waals surface area (Å²) in [5.41, 5.74) is 1.87. The Morgan fingerprint density at radius 2 is 1.93 bits per heavy atom. The summed E-state index contributed by atoms with van der Waals surface area (Å²) in [7, 11) is 1.60. The fourth-order valence-electron chi connectivity index (χ4n) is 3.17. The predicted molar refractivity (Wildman–Crippen MR) is 111 cm³/mol. The van der Waals surface area contributed by atoms with Gasteiger partial charge in [-0.1, -0.05) is 23.9 Å². The number of nitrogens with zero attached hydrogens (tertiary/aromatic N) is 1. The Morgan fingerprint density at radius 3 is 2.55 bits per heavy atom. The lowest BCUT2D eigenvalue weighted by Gasteiger charge is -2.15. The van der Waals surface area contributed by atoms with E-state index in [1.807, 2.05) is 38.1 Å².